The van der Waals surface area contributed by atoms with Gasteiger partial charge in [-0.25, -0.2) is 13.6 Å². The molecule has 0 bridgehead atoms. The van der Waals surface area contributed by atoms with Crippen molar-refractivity contribution in [2.45, 2.75) is 0 Å². The molecule has 4 nitrogen and oxygen atoms in total. The summed E-state index contributed by atoms with van der Waals surface area (Å²) in [5.41, 5.74) is 0.458. The van der Waals surface area contributed by atoms with Gasteiger partial charge in [-0.1, -0.05) is 0 Å². The second-order valence-corrected chi connectivity index (χ2v) is 4.37. The second-order valence-electron chi connectivity index (χ2n) is 4.37. The summed E-state index contributed by atoms with van der Waals surface area (Å²) in [6.45, 7) is 0. The van der Waals surface area contributed by atoms with E-state index in [2.05, 4.69) is 9.97 Å². The van der Waals surface area contributed by atoms with E-state index >= 15 is 0 Å². The summed E-state index contributed by atoms with van der Waals surface area (Å²) in [5, 5.41) is 9.40. The number of hydrogen-bond donors (Lipinski definition) is 1. The molecule has 104 valence electrons. The van der Waals surface area contributed by atoms with Crippen molar-refractivity contribution in [3.05, 3.63) is 60.1 Å². The van der Waals surface area contributed by atoms with Crippen LogP contribution in [0.15, 0.2) is 42.9 Å². The van der Waals surface area contributed by atoms with Gasteiger partial charge in [0.05, 0.1) is 29.0 Å². The normalized spacial score (nSPS) is 10.8. The minimum atomic E-state index is -1.12. The molecule has 6 heteroatoms. The predicted octanol–water partition coefficient (Wildman–Crippen LogP) is 3.27. The second kappa shape index (κ2) is 4.90. The molecule has 0 amide bonds. The molecule has 1 aromatic carbocycles. The molecule has 0 aliphatic heterocycles. The summed E-state index contributed by atoms with van der Waals surface area (Å²) < 4.78 is 27.8. The fourth-order valence-corrected chi connectivity index (χ4v) is 2.17. The van der Waals surface area contributed by atoms with Crippen LogP contribution in [0.25, 0.3) is 22.0 Å². The average molecular weight is 286 g/mol. The fourth-order valence-electron chi connectivity index (χ4n) is 2.17. The average Bonchev–Trinajstić information content (AvgIpc) is 2.46. The Bertz CT molecular complexity index is 845. The number of benzene rings is 1. The van der Waals surface area contributed by atoms with Crippen LogP contribution in [0.1, 0.15) is 10.4 Å². The Hall–Kier alpha value is -2.89. The number of fused-ring (bicyclic) bond motifs is 1. The lowest BCUT2D eigenvalue weighted by molar-refractivity contribution is 0.0697. The van der Waals surface area contributed by atoms with Crippen LogP contribution in [-0.4, -0.2) is 21.0 Å². The Morgan fingerprint density at radius 3 is 2.48 bits per heavy atom. The standard InChI is InChI=1S/C15H8F2N2O2/c16-11-6-18-7-12(17)14(11)9-3-4-19-13-2-1-8(15(20)21)5-10(9)13/h1-7H,(H,20,21). The van der Waals surface area contributed by atoms with Gasteiger partial charge in [0, 0.05) is 11.6 Å². The van der Waals surface area contributed by atoms with Gasteiger partial charge in [0.2, 0.25) is 0 Å². The summed E-state index contributed by atoms with van der Waals surface area (Å²) >= 11 is 0. The molecule has 21 heavy (non-hydrogen) atoms. The zero-order valence-electron chi connectivity index (χ0n) is 10.5. The molecule has 3 aromatic rings. The Morgan fingerprint density at radius 2 is 1.81 bits per heavy atom. The highest BCUT2D eigenvalue weighted by molar-refractivity contribution is 5.99. The number of hydrogen-bond acceptors (Lipinski definition) is 3. The maximum Gasteiger partial charge on any atom is 0.335 e. The van der Waals surface area contributed by atoms with Crippen molar-refractivity contribution in [3.63, 3.8) is 0 Å². The van der Waals surface area contributed by atoms with Gasteiger partial charge in [-0.2, -0.15) is 0 Å². The van der Waals surface area contributed by atoms with E-state index in [1.54, 1.807) is 0 Å². The molecule has 0 spiro atoms. The first-order valence-electron chi connectivity index (χ1n) is 5.99. The molecule has 0 fully saturated rings. The highest BCUT2D eigenvalue weighted by Gasteiger charge is 2.16. The molecule has 2 heterocycles. The Labute approximate surface area is 117 Å². The number of nitrogens with zero attached hydrogens (tertiary/aromatic N) is 2. The van der Waals surface area contributed by atoms with E-state index in [9.17, 15) is 13.6 Å². The molecule has 0 saturated heterocycles. The van der Waals surface area contributed by atoms with Crippen molar-refractivity contribution in [1.29, 1.82) is 0 Å². The van der Waals surface area contributed by atoms with E-state index in [0.717, 1.165) is 12.4 Å². The SMILES string of the molecule is O=C(O)c1ccc2nccc(-c3c(F)cncc3F)c2c1. The number of carboxylic acid groups (broad SMARTS) is 1. The van der Waals surface area contributed by atoms with E-state index in [0.29, 0.717) is 10.9 Å². The maximum absolute atomic E-state index is 13.9. The van der Waals surface area contributed by atoms with Crippen molar-refractivity contribution in [1.82, 2.24) is 9.97 Å². The molecular formula is C15H8F2N2O2. The van der Waals surface area contributed by atoms with Gasteiger partial charge < -0.3 is 5.11 Å². The number of rotatable bonds is 2. The van der Waals surface area contributed by atoms with E-state index in [1.807, 2.05) is 0 Å². The maximum atomic E-state index is 13.9. The molecule has 1 N–H and O–H groups in total. The summed E-state index contributed by atoms with van der Waals surface area (Å²) in [6.07, 6.45) is 3.23. The zero-order chi connectivity index (χ0) is 15.0. The van der Waals surface area contributed by atoms with Crippen LogP contribution in [0.2, 0.25) is 0 Å². The van der Waals surface area contributed by atoms with Crippen molar-refractivity contribution in [2.75, 3.05) is 0 Å². The topological polar surface area (TPSA) is 63.1 Å². The lowest BCUT2D eigenvalue weighted by atomic mass is 10.00. The fraction of sp³-hybridized carbons (Fsp3) is 0. The van der Waals surface area contributed by atoms with Crippen molar-refractivity contribution in [2.24, 2.45) is 0 Å². The highest BCUT2D eigenvalue weighted by atomic mass is 19.1. The first kappa shape index (κ1) is 13.1. The van der Waals surface area contributed by atoms with E-state index < -0.39 is 17.6 Å². The molecule has 0 radical (unpaired) electrons. The van der Waals surface area contributed by atoms with Crippen LogP contribution in [0, 0.1) is 11.6 Å². The number of carboxylic acids is 1. The lowest BCUT2D eigenvalue weighted by Crippen LogP contribution is -1.98. The number of pyridine rings is 2. The van der Waals surface area contributed by atoms with Gasteiger partial charge >= 0.3 is 5.97 Å². The zero-order valence-corrected chi connectivity index (χ0v) is 10.5. The van der Waals surface area contributed by atoms with Crippen LogP contribution in [0.3, 0.4) is 0 Å². The van der Waals surface area contributed by atoms with Crippen LogP contribution in [0.4, 0.5) is 8.78 Å². The van der Waals surface area contributed by atoms with Gasteiger partial charge in [0.1, 0.15) is 0 Å². The summed E-state index contributed by atoms with van der Waals surface area (Å²) in [5.74, 6) is -2.76. The molecule has 3 rings (SSSR count). The van der Waals surface area contributed by atoms with Crippen LogP contribution in [0.5, 0.6) is 0 Å². The molecule has 2 aromatic heterocycles. The quantitative estimate of drug-likeness (QED) is 0.785. The number of aromatic nitrogens is 2. The predicted molar refractivity (Wildman–Crippen MR) is 71.8 cm³/mol. The molecule has 0 saturated carbocycles. The minimum Gasteiger partial charge on any atom is -0.478 e. The molecule has 0 unspecified atom stereocenters. The third-order valence-corrected chi connectivity index (χ3v) is 3.11. The van der Waals surface area contributed by atoms with Crippen molar-refractivity contribution >= 4 is 16.9 Å². The van der Waals surface area contributed by atoms with Gasteiger partial charge in [0.25, 0.3) is 0 Å². The highest BCUT2D eigenvalue weighted by Crippen LogP contribution is 2.31. The molecule has 0 atom stereocenters. The monoisotopic (exact) mass is 286 g/mol. The Balaban J connectivity index is 2.37. The molecule has 0 aliphatic rings. The van der Waals surface area contributed by atoms with Crippen LogP contribution in [-0.2, 0) is 0 Å². The summed E-state index contributed by atoms with van der Waals surface area (Å²) in [6, 6.07) is 5.68. The minimum absolute atomic E-state index is 0.0200. The summed E-state index contributed by atoms with van der Waals surface area (Å²) in [4.78, 5) is 18.6. The number of carbonyl (C=O) groups is 1. The van der Waals surface area contributed by atoms with Crippen molar-refractivity contribution in [3.8, 4) is 11.1 Å². The number of aromatic carboxylic acids is 1. The lowest BCUT2D eigenvalue weighted by Gasteiger charge is -2.08. The molecular weight excluding hydrogens is 278 g/mol. The molecule has 0 aliphatic carbocycles. The van der Waals surface area contributed by atoms with Crippen LogP contribution >= 0.6 is 0 Å². The first-order valence-corrected chi connectivity index (χ1v) is 5.99. The first-order chi connectivity index (χ1) is 10.1. The largest absolute Gasteiger partial charge is 0.478 e. The van der Waals surface area contributed by atoms with Crippen molar-refractivity contribution < 1.29 is 18.7 Å². The number of halogens is 2. The third kappa shape index (κ3) is 2.20. The van der Waals surface area contributed by atoms with Crippen LogP contribution < -0.4 is 0 Å². The van der Waals surface area contributed by atoms with Gasteiger partial charge in [0.15, 0.2) is 11.6 Å². The van der Waals surface area contributed by atoms with Gasteiger partial charge in [-0.15, -0.1) is 0 Å². The smallest absolute Gasteiger partial charge is 0.335 e. The van der Waals surface area contributed by atoms with E-state index in [1.165, 1.54) is 30.5 Å². The Morgan fingerprint density at radius 1 is 1.10 bits per heavy atom. The van der Waals surface area contributed by atoms with E-state index in [-0.39, 0.29) is 16.7 Å². The van der Waals surface area contributed by atoms with Gasteiger partial charge in [-0.05, 0) is 29.8 Å². The van der Waals surface area contributed by atoms with Gasteiger partial charge in [-0.3, -0.25) is 9.97 Å². The third-order valence-electron chi connectivity index (χ3n) is 3.11. The summed E-state index contributed by atoms with van der Waals surface area (Å²) in [7, 11) is 0. The Kier molecular flexibility index (Phi) is 3.06. The van der Waals surface area contributed by atoms with E-state index in [4.69, 9.17) is 5.11 Å².